The first-order valence-corrected chi connectivity index (χ1v) is 7.99. The summed E-state index contributed by atoms with van der Waals surface area (Å²) in [6.07, 6.45) is 5.24. The normalized spacial score (nSPS) is 17.6. The van der Waals surface area contributed by atoms with Crippen molar-refractivity contribution in [2.75, 3.05) is 30.3 Å². The predicted molar refractivity (Wildman–Crippen MR) is 84.5 cm³/mol. The van der Waals surface area contributed by atoms with Crippen molar-refractivity contribution in [2.45, 2.75) is 32.6 Å². The van der Waals surface area contributed by atoms with Crippen LogP contribution in [0.3, 0.4) is 0 Å². The minimum atomic E-state index is -0.267. The number of esters is 1. The lowest BCUT2D eigenvalue weighted by molar-refractivity contribution is 0.0527. The van der Waals surface area contributed by atoms with Gasteiger partial charge in [-0.2, -0.15) is 0 Å². The highest BCUT2D eigenvalue weighted by atomic mass is 16.5. The van der Waals surface area contributed by atoms with Gasteiger partial charge in [0.2, 0.25) is 0 Å². The van der Waals surface area contributed by atoms with Crippen LogP contribution in [0, 0.1) is 11.8 Å². The minimum Gasteiger partial charge on any atom is -0.462 e. The van der Waals surface area contributed by atoms with Crippen molar-refractivity contribution in [2.24, 2.45) is 11.8 Å². The van der Waals surface area contributed by atoms with Gasteiger partial charge in [-0.3, -0.25) is 0 Å². The van der Waals surface area contributed by atoms with Gasteiger partial charge in [-0.25, -0.2) is 4.79 Å². The lowest BCUT2D eigenvalue weighted by Crippen LogP contribution is -2.30. The standard InChI is InChI=1S/C17H24N2O2/c1-2-21-17(20)15-9-14(18)7-8-16(15)19(10-12-3-4-12)11-13-5-6-13/h7-9,12-13H,2-6,10-11,18H2,1H3. The number of carbonyl (C=O) groups excluding carboxylic acids is 1. The van der Waals surface area contributed by atoms with Crippen LogP contribution in [0.1, 0.15) is 43.0 Å². The molecule has 0 saturated heterocycles. The maximum Gasteiger partial charge on any atom is 0.340 e. The molecule has 1 aromatic rings. The third-order valence-corrected chi connectivity index (χ3v) is 4.21. The fourth-order valence-corrected chi connectivity index (χ4v) is 2.70. The molecule has 2 aliphatic rings. The summed E-state index contributed by atoms with van der Waals surface area (Å²) < 4.78 is 5.19. The van der Waals surface area contributed by atoms with E-state index in [1.165, 1.54) is 25.7 Å². The van der Waals surface area contributed by atoms with Crippen LogP contribution in [0.5, 0.6) is 0 Å². The van der Waals surface area contributed by atoms with Crippen molar-refractivity contribution in [1.82, 2.24) is 0 Å². The van der Waals surface area contributed by atoms with E-state index >= 15 is 0 Å². The van der Waals surface area contributed by atoms with Gasteiger partial charge in [0, 0.05) is 18.8 Å². The van der Waals surface area contributed by atoms with Gasteiger partial charge in [0.25, 0.3) is 0 Å². The van der Waals surface area contributed by atoms with Gasteiger partial charge in [-0.15, -0.1) is 0 Å². The number of nitrogens with two attached hydrogens (primary N) is 1. The van der Waals surface area contributed by atoms with E-state index in [0.29, 0.717) is 17.9 Å². The van der Waals surface area contributed by atoms with E-state index in [0.717, 1.165) is 30.6 Å². The second-order valence-electron chi connectivity index (χ2n) is 6.29. The highest BCUT2D eigenvalue weighted by molar-refractivity contribution is 5.97. The van der Waals surface area contributed by atoms with E-state index in [-0.39, 0.29) is 5.97 Å². The number of rotatable bonds is 7. The Kier molecular flexibility index (Phi) is 4.04. The molecule has 0 aliphatic heterocycles. The third kappa shape index (κ3) is 3.69. The number of ether oxygens (including phenoxy) is 1. The third-order valence-electron chi connectivity index (χ3n) is 4.21. The van der Waals surface area contributed by atoms with E-state index < -0.39 is 0 Å². The summed E-state index contributed by atoms with van der Waals surface area (Å²) in [6.45, 7) is 4.31. The zero-order valence-electron chi connectivity index (χ0n) is 12.7. The summed E-state index contributed by atoms with van der Waals surface area (Å²) in [7, 11) is 0. The molecule has 0 atom stereocenters. The van der Waals surface area contributed by atoms with Crippen LogP contribution in [0.2, 0.25) is 0 Å². The van der Waals surface area contributed by atoms with Crippen molar-refractivity contribution in [3.8, 4) is 0 Å². The Morgan fingerprint density at radius 2 is 1.86 bits per heavy atom. The van der Waals surface area contributed by atoms with Gasteiger partial charge >= 0.3 is 5.97 Å². The highest BCUT2D eigenvalue weighted by Gasteiger charge is 2.31. The SMILES string of the molecule is CCOC(=O)c1cc(N)ccc1N(CC1CC1)CC1CC1. The van der Waals surface area contributed by atoms with Crippen LogP contribution in [0.4, 0.5) is 11.4 Å². The zero-order valence-corrected chi connectivity index (χ0v) is 12.7. The Morgan fingerprint density at radius 3 is 2.38 bits per heavy atom. The first-order valence-electron chi connectivity index (χ1n) is 7.99. The Hall–Kier alpha value is -1.71. The van der Waals surface area contributed by atoms with E-state index in [9.17, 15) is 4.79 Å². The Labute approximate surface area is 126 Å². The molecule has 0 aromatic heterocycles. The van der Waals surface area contributed by atoms with Crippen molar-refractivity contribution in [1.29, 1.82) is 0 Å². The van der Waals surface area contributed by atoms with E-state index in [1.807, 2.05) is 19.1 Å². The van der Waals surface area contributed by atoms with E-state index in [4.69, 9.17) is 10.5 Å². The van der Waals surface area contributed by atoms with E-state index in [1.54, 1.807) is 6.07 Å². The predicted octanol–water partition coefficient (Wildman–Crippen LogP) is 3.07. The van der Waals surface area contributed by atoms with E-state index in [2.05, 4.69) is 4.90 Å². The Balaban J connectivity index is 1.86. The smallest absolute Gasteiger partial charge is 0.340 e. The number of benzene rings is 1. The van der Waals surface area contributed by atoms with Crippen molar-refractivity contribution < 1.29 is 9.53 Å². The second kappa shape index (κ2) is 5.96. The highest BCUT2D eigenvalue weighted by Crippen LogP contribution is 2.37. The molecule has 2 N–H and O–H groups in total. The van der Waals surface area contributed by atoms with Crippen molar-refractivity contribution in [3.63, 3.8) is 0 Å². The van der Waals surface area contributed by atoms with Crippen LogP contribution < -0.4 is 10.6 Å². The molecule has 4 nitrogen and oxygen atoms in total. The molecule has 0 heterocycles. The molecule has 0 amide bonds. The number of hydrogen-bond donors (Lipinski definition) is 1. The maximum atomic E-state index is 12.2. The molecule has 2 saturated carbocycles. The summed E-state index contributed by atoms with van der Waals surface area (Å²) >= 11 is 0. The molecule has 0 spiro atoms. The lowest BCUT2D eigenvalue weighted by atomic mass is 10.1. The number of anilines is 2. The van der Waals surface area contributed by atoms with Crippen molar-refractivity contribution in [3.05, 3.63) is 23.8 Å². The van der Waals surface area contributed by atoms with Crippen LogP contribution >= 0.6 is 0 Å². The molecule has 1 aromatic carbocycles. The molecule has 114 valence electrons. The first-order chi connectivity index (χ1) is 10.2. The zero-order chi connectivity index (χ0) is 14.8. The lowest BCUT2D eigenvalue weighted by Gasteiger charge is -2.27. The molecule has 0 radical (unpaired) electrons. The molecule has 0 bridgehead atoms. The molecule has 4 heteroatoms. The molecular formula is C17H24N2O2. The number of nitrogens with zero attached hydrogens (tertiary/aromatic N) is 1. The average Bonchev–Trinajstić information content (AvgIpc) is 3.34. The number of carbonyl (C=O) groups is 1. The van der Waals surface area contributed by atoms with Gasteiger partial charge in [0.1, 0.15) is 0 Å². The second-order valence-corrected chi connectivity index (χ2v) is 6.29. The largest absolute Gasteiger partial charge is 0.462 e. The molecule has 2 aliphatic carbocycles. The Bertz CT molecular complexity index is 508. The number of hydrogen-bond acceptors (Lipinski definition) is 4. The summed E-state index contributed by atoms with van der Waals surface area (Å²) in [4.78, 5) is 14.6. The fraction of sp³-hybridized carbons (Fsp3) is 0.588. The molecule has 3 rings (SSSR count). The maximum absolute atomic E-state index is 12.2. The van der Waals surface area contributed by atoms with Crippen molar-refractivity contribution >= 4 is 17.3 Å². The summed E-state index contributed by atoms with van der Waals surface area (Å²) in [6, 6.07) is 5.61. The summed E-state index contributed by atoms with van der Waals surface area (Å²) in [5, 5.41) is 0. The van der Waals surface area contributed by atoms with Crippen LogP contribution in [-0.2, 0) is 4.74 Å². The quantitative estimate of drug-likeness (QED) is 0.619. The number of nitrogen functional groups attached to an aromatic ring is 1. The van der Waals surface area contributed by atoms with Gasteiger partial charge in [0.05, 0.1) is 17.9 Å². The fourth-order valence-electron chi connectivity index (χ4n) is 2.70. The average molecular weight is 288 g/mol. The van der Waals surface area contributed by atoms with Gasteiger partial charge in [0.15, 0.2) is 0 Å². The van der Waals surface area contributed by atoms with Crippen LogP contribution in [0.15, 0.2) is 18.2 Å². The van der Waals surface area contributed by atoms with Gasteiger partial charge in [-0.1, -0.05) is 0 Å². The van der Waals surface area contributed by atoms with Crippen LogP contribution in [-0.4, -0.2) is 25.7 Å². The molecule has 2 fully saturated rings. The minimum absolute atomic E-state index is 0.267. The molecule has 21 heavy (non-hydrogen) atoms. The first kappa shape index (κ1) is 14.2. The molecule has 0 unspecified atom stereocenters. The monoisotopic (exact) mass is 288 g/mol. The summed E-state index contributed by atoms with van der Waals surface area (Å²) in [5.74, 6) is 1.31. The summed E-state index contributed by atoms with van der Waals surface area (Å²) in [5.41, 5.74) is 8.07. The van der Waals surface area contributed by atoms with Gasteiger partial charge < -0.3 is 15.4 Å². The Morgan fingerprint density at radius 1 is 1.24 bits per heavy atom. The van der Waals surface area contributed by atoms with Gasteiger partial charge in [-0.05, 0) is 62.6 Å². The molecular weight excluding hydrogens is 264 g/mol. The van der Waals surface area contributed by atoms with Crippen LogP contribution in [0.25, 0.3) is 0 Å². The topological polar surface area (TPSA) is 55.6 Å².